The number of nitrogens with zero attached hydrogens (tertiary/aromatic N) is 4. The molecule has 0 aliphatic rings. The van der Waals surface area contributed by atoms with E-state index in [4.69, 9.17) is 10.00 Å². The molecular weight excluding hydrogens is 240 g/mol. The summed E-state index contributed by atoms with van der Waals surface area (Å²) in [5.74, 6) is 0.839. The van der Waals surface area contributed by atoms with Crippen molar-refractivity contribution in [3.63, 3.8) is 0 Å². The zero-order valence-electron chi connectivity index (χ0n) is 11.1. The van der Waals surface area contributed by atoms with E-state index in [1.165, 1.54) is 0 Å². The zero-order chi connectivity index (χ0) is 13.7. The molecule has 5 nitrogen and oxygen atoms in total. The SMILES string of the molecule is CCc1ccc(C#N)cc1-n1cnnc1CCOC. The lowest BCUT2D eigenvalue weighted by atomic mass is 10.1. The molecule has 0 radical (unpaired) electrons. The number of hydrogen-bond donors (Lipinski definition) is 0. The minimum Gasteiger partial charge on any atom is -0.384 e. The van der Waals surface area contributed by atoms with E-state index in [2.05, 4.69) is 23.2 Å². The third-order valence-electron chi connectivity index (χ3n) is 3.00. The first-order chi connectivity index (χ1) is 9.30. The highest BCUT2D eigenvalue weighted by Crippen LogP contribution is 2.18. The minimum atomic E-state index is 0.595. The Hall–Kier alpha value is -2.19. The molecule has 0 saturated heterocycles. The van der Waals surface area contributed by atoms with E-state index in [1.54, 1.807) is 13.4 Å². The van der Waals surface area contributed by atoms with E-state index in [9.17, 15) is 0 Å². The number of aryl methyl sites for hydroxylation is 1. The normalized spacial score (nSPS) is 10.4. The van der Waals surface area contributed by atoms with Crippen LogP contribution in [0.2, 0.25) is 0 Å². The summed E-state index contributed by atoms with van der Waals surface area (Å²) in [6.45, 7) is 2.68. The highest BCUT2D eigenvalue weighted by atomic mass is 16.5. The van der Waals surface area contributed by atoms with Gasteiger partial charge in [-0.15, -0.1) is 10.2 Å². The Morgan fingerprint density at radius 1 is 1.42 bits per heavy atom. The minimum absolute atomic E-state index is 0.595. The van der Waals surface area contributed by atoms with Crippen LogP contribution < -0.4 is 0 Å². The molecule has 19 heavy (non-hydrogen) atoms. The number of benzene rings is 1. The van der Waals surface area contributed by atoms with Crippen LogP contribution in [0.1, 0.15) is 23.9 Å². The van der Waals surface area contributed by atoms with Gasteiger partial charge < -0.3 is 4.74 Å². The van der Waals surface area contributed by atoms with Crippen molar-refractivity contribution in [1.29, 1.82) is 5.26 Å². The first kappa shape index (κ1) is 13.2. The van der Waals surface area contributed by atoms with Gasteiger partial charge in [-0.1, -0.05) is 13.0 Å². The van der Waals surface area contributed by atoms with Gasteiger partial charge in [0.05, 0.1) is 23.9 Å². The largest absolute Gasteiger partial charge is 0.384 e. The van der Waals surface area contributed by atoms with Crippen LogP contribution in [-0.4, -0.2) is 28.5 Å². The molecule has 1 heterocycles. The van der Waals surface area contributed by atoms with Crippen LogP contribution in [0.5, 0.6) is 0 Å². The van der Waals surface area contributed by atoms with Crippen molar-refractivity contribution in [2.45, 2.75) is 19.8 Å². The molecule has 1 aromatic carbocycles. The van der Waals surface area contributed by atoms with Crippen LogP contribution in [0.15, 0.2) is 24.5 Å². The number of aromatic nitrogens is 3. The van der Waals surface area contributed by atoms with Crippen molar-refractivity contribution in [2.24, 2.45) is 0 Å². The van der Waals surface area contributed by atoms with E-state index in [0.717, 1.165) is 23.5 Å². The molecule has 0 amide bonds. The molecular formula is C14H16N4O. The summed E-state index contributed by atoms with van der Waals surface area (Å²) in [6.07, 6.45) is 3.26. The summed E-state index contributed by atoms with van der Waals surface area (Å²) in [4.78, 5) is 0. The Kier molecular flexibility index (Phi) is 4.26. The average Bonchev–Trinajstić information content (AvgIpc) is 2.92. The summed E-state index contributed by atoms with van der Waals surface area (Å²) in [5.41, 5.74) is 2.77. The van der Waals surface area contributed by atoms with E-state index < -0.39 is 0 Å². The van der Waals surface area contributed by atoms with E-state index >= 15 is 0 Å². The van der Waals surface area contributed by atoms with E-state index in [-0.39, 0.29) is 0 Å². The van der Waals surface area contributed by atoms with Gasteiger partial charge in [-0.25, -0.2) is 0 Å². The Morgan fingerprint density at radius 2 is 2.26 bits per heavy atom. The number of nitriles is 1. The topological polar surface area (TPSA) is 63.7 Å². The predicted molar refractivity (Wildman–Crippen MR) is 71.0 cm³/mol. The number of ether oxygens (including phenoxy) is 1. The second kappa shape index (κ2) is 6.12. The molecule has 0 aliphatic heterocycles. The van der Waals surface area contributed by atoms with Crippen molar-refractivity contribution in [3.05, 3.63) is 41.5 Å². The van der Waals surface area contributed by atoms with Crippen LogP contribution >= 0.6 is 0 Å². The number of rotatable bonds is 5. The molecule has 0 saturated carbocycles. The Morgan fingerprint density at radius 3 is 2.95 bits per heavy atom. The maximum Gasteiger partial charge on any atom is 0.139 e. The first-order valence-corrected chi connectivity index (χ1v) is 6.21. The van der Waals surface area contributed by atoms with Gasteiger partial charge >= 0.3 is 0 Å². The fourth-order valence-corrected chi connectivity index (χ4v) is 1.98. The highest BCUT2D eigenvalue weighted by Gasteiger charge is 2.10. The fraction of sp³-hybridized carbons (Fsp3) is 0.357. The maximum atomic E-state index is 9.02. The maximum absolute atomic E-state index is 9.02. The third kappa shape index (κ3) is 2.80. The summed E-state index contributed by atoms with van der Waals surface area (Å²) < 4.78 is 7.00. The van der Waals surface area contributed by atoms with Gasteiger partial charge in [0.2, 0.25) is 0 Å². The molecule has 0 fully saturated rings. The predicted octanol–water partition coefficient (Wildman–Crippen LogP) is 1.89. The number of hydrogen-bond acceptors (Lipinski definition) is 4. The Labute approximate surface area is 112 Å². The van der Waals surface area contributed by atoms with Crippen molar-refractivity contribution in [2.75, 3.05) is 13.7 Å². The monoisotopic (exact) mass is 256 g/mol. The van der Waals surface area contributed by atoms with Crippen LogP contribution in [0.25, 0.3) is 5.69 Å². The lowest BCUT2D eigenvalue weighted by Gasteiger charge is -2.11. The lowest BCUT2D eigenvalue weighted by Crippen LogP contribution is -2.06. The lowest BCUT2D eigenvalue weighted by molar-refractivity contribution is 0.200. The van der Waals surface area contributed by atoms with Gasteiger partial charge in [-0.05, 0) is 24.1 Å². The summed E-state index contributed by atoms with van der Waals surface area (Å²) in [7, 11) is 1.66. The van der Waals surface area contributed by atoms with Gasteiger partial charge in [-0.3, -0.25) is 4.57 Å². The van der Waals surface area contributed by atoms with E-state index in [0.29, 0.717) is 18.6 Å². The van der Waals surface area contributed by atoms with Crippen molar-refractivity contribution >= 4 is 0 Å². The first-order valence-electron chi connectivity index (χ1n) is 6.21. The molecule has 0 aliphatic carbocycles. The van der Waals surface area contributed by atoms with Gasteiger partial charge in [0.1, 0.15) is 12.2 Å². The average molecular weight is 256 g/mol. The number of methoxy groups -OCH3 is 1. The van der Waals surface area contributed by atoms with Crippen LogP contribution in [0.3, 0.4) is 0 Å². The molecule has 0 bridgehead atoms. The zero-order valence-corrected chi connectivity index (χ0v) is 11.1. The summed E-state index contributed by atoms with van der Waals surface area (Å²) >= 11 is 0. The molecule has 0 unspecified atom stereocenters. The van der Waals surface area contributed by atoms with Crippen LogP contribution in [0, 0.1) is 11.3 Å². The molecule has 1 aromatic heterocycles. The molecule has 0 N–H and O–H groups in total. The third-order valence-corrected chi connectivity index (χ3v) is 3.00. The quantitative estimate of drug-likeness (QED) is 0.819. The molecule has 0 atom stereocenters. The van der Waals surface area contributed by atoms with Crippen LogP contribution in [-0.2, 0) is 17.6 Å². The van der Waals surface area contributed by atoms with Gasteiger partial charge in [0.15, 0.2) is 0 Å². The molecule has 98 valence electrons. The summed E-state index contributed by atoms with van der Waals surface area (Å²) in [6, 6.07) is 7.85. The van der Waals surface area contributed by atoms with E-state index in [1.807, 2.05) is 22.8 Å². The smallest absolute Gasteiger partial charge is 0.139 e. The standard InChI is InChI=1S/C14H16N4O/c1-3-12-5-4-11(9-15)8-13(12)18-10-16-17-14(18)6-7-19-2/h4-5,8,10H,3,6-7H2,1-2H3. The van der Waals surface area contributed by atoms with Gasteiger partial charge in [-0.2, -0.15) is 5.26 Å². The van der Waals surface area contributed by atoms with Gasteiger partial charge in [0.25, 0.3) is 0 Å². The molecule has 2 aromatic rings. The fourth-order valence-electron chi connectivity index (χ4n) is 1.98. The second-order valence-electron chi connectivity index (χ2n) is 4.17. The molecule has 2 rings (SSSR count). The Bertz CT molecular complexity index is 598. The second-order valence-corrected chi connectivity index (χ2v) is 4.17. The van der Waals surface area contributed by atoms with Crippen molar-refractivity contribution in [1.82, 2.24) is 14.8 Å². The van der Waals surface area contributed by atoms with Crippen molar-refractivity contribution < 1.29 is 4.74 Å². The van der Waals surface area contributed by atoms with Crippen molar-refractivity contribution in [3.8, 4) is 11.8 Å². The molecule has 0 spiro atoms. The van der Waals surface area contributed by atoms with Crippen LogP contribution in [0.4, 0.5) is 0 Å². The highest BCUT2D eigenvalue weighted by molar-refractivity contribution is 5.48. The van der Waals surface area contributed by atoms with Gasteiger partial charge in [0, 0.05) is 13.5 Å². The Balaban J connectivity index is 2.45. The molecule has 5 heteroatoms. The summed E-state index contributed by atoms with van der Waals surface area (Å²) in [5, 5.41) is 17.1.